The van der Waals surface area contributed by atoms with Crippen LogP contribution < -0.4 is 0 Å². The van der Waals surface area contributed by atoms with E-state index in [0.717, 1.165) is 23.0 Å². The quantitative estimate of drug-likeness (QED) is 0.484. The van der Waals surface area contributed by atoms with Crippen LogP contribution in [-0.2, 0) is 6.18 Å². The van der Waals surface area contributed by atoms with Crippen molar-refractivity contribution in [2.45, 2.75) is 13.1 Å². The van der Waals surface area contributed by atoms with Crippen molar-refractivity contribution in [3.05, 3.63) is 51.6 Å². The van der Waals surface area contributed by atoms with Gasteiger partial charge in [-0.25, -0.2) is 9.07 Å². The van der Waals surface area contributed by atoms with E-state index in [9.17, 15) is 27.7 Å². The highest BCUT2D eigenvalue weighted by molar-refractivity contribution is 5.52. The molecule has 9 heteroatoms. The SMILES string of the molecule is Cc1cn(-c2ccc(F)cc2[N+](=O)[O-])nc1C(F)(F)F. The lowest BCUT2D eigenvalue weighted by Gasteiger charge is -2.04. The van der Waals surface area contributed by atoms with Gasteiger partial charge in [-0.1, -0.05) is 0 Å². The largest absolute Gasteiger partial charge is 0.435 e. The van der Waals surface area contributed by atoms with E-state index in [1.54, 1.807) is 0 Å². The molecule has 0 radical (unpaired) electrons. The maximum absolute atomic E-state index is 13.0. The normalized spacial score (nSPS) is 11.7. The molecular formula is C11H7F4N3O2. The second-order valence-corrected chi connectivity index (χ2v) is 3.99. The van der Waals surface area contributed by atoms with E-state index in [-0.39, 0.29) is 11.3 Å². The van der Waals surface area contributed by atoms with Crippen molar-refractivity contribution in [1.29, 1.82) is 0 Å². The first-order valence-electron chi connectivity index (χ1n) is 5.28. The van der Waals surface area contributed by atoms with Crippen LogP contribution in [0.2, 0.25) is 0 Å². The zero-order valence-corrected chi connectivity index (χ0v) is 9.98. The number of nitro benzene ring substituents is 1. The Labute approximate surface area is 109 Å². The van der Waals surface area contributed by atoms with Crippen molar-refractivity contribution in [2.24, 2.45) is 0 Å². The predicted molar refractivity (Wildman–Crippen MR) is 59.9 cm³/mol. The molecule has 1 heterocycles. The Morgan fingerprint density at radius 1 is 1.35 bits per heavy atom. The standard InChI is InChI=1S/C11H7F4N3O2/c1-6-5-17(16-10(6)11(13,14)15)8-3-2-7(12)4-9(8)18(19)20/h2-5H,1H3. The van der Waals surface area contributed by atoms with Gasteiger partial charge >= 0.3 is 6.18 Å². The zero-order chi connectivity index (χ0) is 15.1. The first kappa shape index (κ1) is 14.0. The third-order valence-corrected chi connectivity index (χ3v) is 2.55. The van der Waals surface area contributed by atoms with Crippen molar-refractivity contribution in [3.63, 3.8) is 0 Å². The van der Waals surface area contributed by atoms with E-state index < -0.39 is 28.3 Å². The van der Waals surface area contributed by atoms with Crippen LogP contribution in [0.4, 0.5) is 23.2 Å². The van der Waals surface area contributed by atoms with Gasteiger partial charge in [0.1, 0.15) is 11.5 Å². The summed E-state index contributed by atoms with van der Waals surface area (Å²) < 4.78 is 51.6. The number of benzene rings is 1. The van der Waals surface area contributed by atoms with E-state index in [1.807, 2.05) is 0 Å². The molecule has 2 rings (SSSR count). The molecule has 106 valence electrons. The molecule has 0 aliphatic heterocycles. The van der Waals surface area contributed by atoms with E-state index in [2.05, 4.69) is 5.10 Å². The van der Waals surface area contributed by atoms with Crippen LogP contribution in [0.25, 0.3) is 5.69 Å². The van der Waals surface area contributed by atoms with E-state index in [0.29, 0.717) is 6.07 Å². The van der Waals surface area contributed by atoms with E-state index in [4.69, 9.17) is 0 Å². The minimum absolute atomic E-state index is 0.184. The Balaban J connectivity index is 2.61. The molecule has 0 saturated carbocycles. The van der Waals surface area contributed by atoms with Gasteiger partial charge in [-0.3, -0.25) is 10.1 Å². The maximum atomic E-state index is 13.0. The highest BCUT2D eigenvalue weighted by Gasteiger charge is 2.36. The molecule has 1 aromatic heterocycles. The predicted octanol–water partition coefficient (Wildman–Crippen LogP) is 3.25. The average Bonchev–Trinajstić information content (AvgIpc) is 2.70. The molecule has 0 saturated heterocycles. The molecule has 1 aromatic carbocycles. The number of alkyl halides is 3. The number of aryl methyl sites for hydroxylation is 1. The first-order chi connectivity index (χ1) is 9.20. The summed E-state index contributed by atoms with van der Waals surface area (Å²) in [6.45, 7) is 1.18. The van der Waals surface area contributed by atoms with Gasteiger partial charge in [0, 0.05) is 6.20 Å². The fourth-order valence-electron chi connectivity index (χ4n) is 1.70. The molecular weight excluding hydrogens is 282 g/mol. The summed E-state index contributed by atoms with van der Waals surface area (Å²) in [5, 5.41) is 14.1. The third-order valence-electron chi connectivity index (χ3n) is 2.55. The van der Waals surface area contributed by atoms with Crippen LogP contribution in [-0.4, -0.2) is 14.7 Å². The molecule has 2 aromatic rings. The molecule has 0 aliphatic rings. The third kappa shape index (κ3) is 2.46. The number of aromatic nitrogens is 2. The summed E-state index contributed by atoms with van der Waals surface area (Å²) in [5.74, 6) is -0.861. The summed E-state index contributed by atoms with van der Waals surface area (Å²) in [5.41, 5.74) is -2.23. The molecule has 0 unspecified atom stereocenters. The lowest BCUT2D eigenvalue weighted by atomic mass is 10.2. The van der Waals surface area contributed by atoms with Crippen molar-refractivity contribution in [2.75, 3.05) is 0 Å². The molecule has 5 nitrogen and oxygen atoms in total. The first-order valence-corrected chi connectivity index (χ1v) is 5.28. The monoisotopic (exact) mass is 289 g/mol. The van der Waals surface area contributed by atoms with Crippen molar-refractivity contribution < 1.29 is 22.5 Å². The summed E-state index contributed by atoms with van der Waals surface area (Å²) in [7, 11) is 0. The van der Waals surface area contributed by atoms with E-state index >= 15 is 0 Å². The fraction of sp³-hybridized carbons (Fsp3) is 0.182. The van der Waals surface area contributed by atoms with Gasteiger partial charge in [-0.2, -0.15) is 18.3 Å². The average molecular weight is 289 g/mol. The Hall–Kier alpha value is -2.45. The Bertz CT molecular complexity index is 679. The molecule has 0 aliphatic carbocycles. The summed E-state index contributed by atoms with van der Waals surface area (Å²) in [4.78, 5) is 9.93. The van der Waals surface area contributed by atoms with Crippen molar-refractivity contribution in [1.82, 2.24) is 9.78 Å². The van der Waals surface area contributed by atoms with Gasteiger partial charge in [0.2, 0.25) is 0 Å². The van der Waals surface area contributed by atoms with Crippen molar-refractivity contribution in [3.8, 4) is 5.69 Å². The van der Waals surface area contributed by atoms with Gasteiger partial charge in [-0.05, 0) is 24.6 Å². The smallest absolute Gasteiger partial charge is 0.258 e. The highest BCUT2D eigenvalue weighted by atomic mass is 19.4. The molecule has 0 N–H and O–H groups in total. The van der Waals surface area contributed by atoms with Crippen LogP contribution in [0, 0.1) is 22.9 Å². The molecule has 0 atom stereocenters. The lowest BCUT2D eigenvalue weighted by Crippen LogP contribution is -2.09. The maximum Gasteiger partial charge on any atom is 0.435 e. The number of nitro groups is 1. The van der Waals surface area contributed by atoms with Gasteiger partial charge in [0.05, 0.1) is 11.0 Å². The number of hydrogen-bond donors (Lipinski definition) is 0. The second kappa shape index (κ2) is 4.58. The second-order valence-electron chi connectivity index (χ2n) is 3.99. The van der Waals surface area contributed by atoms with Crippen LogP contribution in [0.5, 0.6) is 0 Å². The Kier molecular flexibility index (Phi) is 3.20. The fourth-order valence-corrected chi connectivity index (χ4v) is 1.70. The van der Waals surface area contributed by atoms with E-state index in [1.165, 1.54) is 6.92 Å². The minimum Gasteiger partial charge on any atom is -0.258 e. The summed E-state index contributed by atoms with van der Waals surface area (Å²) >= 11 is 0. The summed E-state index contributed by atoms with van der Waals surface area (Å²) in [6, 6.07) is 2.53. The number of rotatable bonds is 2. The molecule has 20 heavy (non-hydrogen) atoms. The lowest BCUT2D eigenvalue weighted by molar-refractivity contribution is -0.384. The van der Waals surface area contributed by atoms with Gasteiger partial charge < -0.3 is 0 Å². The number of hydrogen-bond acceptors (Lipinski definition) is 3. The van der Waals surface area contributed by atoms with Gasteiger partial charge in [0.15, 0.2) is 5.69 Å². The van der Waals surface area contributed by atoms with Gasteiger partial charge in [0.25, 0.3) is 5.69 Å². The Morgan fingerprint density at radius 3 is 2.50 bits per heavy atom. The summed E-state index contributed by atoms with van der Waals surface area (Å²) in [6.07, 6.45) is -3.66. The molecule has 0 spiro atoms. The van der Waals surface area contributed by atoms with Crippen LogP contribution in [0.15, 0.2) is 24.4 Å². The number of nitrogens with zero attached hydrogens (tertiary/aromatic N) is 3. The molecule has 0 bridgehead atoms. The zero-order valence-electron chi connectivity index (χ0n) is 9.98. The van der Waals surface area contributed by atoms with Crippen LogP contribution >= 0.6 is 0 Å². The minimum atomic E-state index is -4.66. The molecule has 0 amide bonds. The Morgan fingerprint density at radius 2 is 2.00 bits per heavy atom. The van der Waals surface area contributed by atoms with Crippen molar-refractivity contribution >= 4 is 5.69 Å². The molecule has 0 fully saturated rings. The van der Waals surface area contributed by atoms with Gasteiger partial charge in [-0.15, -0.1) is 0 Å². The highest BCUT2D eigenvalue weighted by Crippen LogP contribution is 2.32. The van der Waals surface area contributed by atoms with Crippen LogP contribution in [0.1, 0.15) is 11.3 Å². The topological polar surface area (TPSA) is 61.0 Å². The van der Waals surface area contributed by atoms with Crippen LogP contribution in [0.3, 0.4) is 0 Å². The number of halogens is 4.